The lowest BCUT2D eigenvalue weighted by atomic mass is 10.0. The number of ketones is 1. The predicted molar refractivity (Wildman–Crippen MR) is 121 cm³/mol. The number of carbonyl (C=O) groups excluding carboxylic acids is 3. The number of aryl methyl sites for hydroxylation is 2. The molecule has 0 aliphatic rings. The maximum Gasteiger partial charge on any atom is 0.345 e. The summed E-state index contributed by atoms with van der Waals surface area (Å²) in [6.45, 7) is 3.87. The highest BCUT2D eigenvalue weighted by atomic mass is 35.5. The second kappa shape index (κ2) is 9.97. The van der Waals surface area contributed by atoms with Gasteiger partial charge in [0.2, 0.25) is 11.8 Å². The fraction of sp³-hybridized carbons (Fsp3) is 0.217. The Hall–Kier alpha value is -3.16. The van der Waals surface area contributed by atoms with Gasteiger partial charge < -0.3 is 9.26 Å². The molecule has 3 aromatic rings. The van der Waals surface area contributed by atoms with Gasteiger partial charge in [0.1, 0.15) is 5.69 Å². The first-order valence-corrected chi connectivity index (χ1v) is 10.4. The topological polar surface area (TPSA) is 98.5 Å². The van der Waals surface area contributed by atoms with Gasteiger partial charge in [-0.2, -0.15) is 0 Å². The Balaban J connectivity index is 1.79. The molecule has 0 fully saturated rings. The van der Waals surface area contributed by atoms with E-state index in [2.05, 4.69) is 10.5 Å². The number of hydrogen-bond acceptors (Lipinski definition) is 6. The first kappa shape index (κ1) is 23.5. The van der Waals surface area contributed by atoms with Crippen molar-refractivity contribution in [1.29, 1.82) is 0 Å². The van der Waals surface area contributed by atoms with Crippen LogP contribution in [-0.2, 0) is 9.53 Å². The van der Waals surface area contributed by atoms with Crippen LogP contribution in [0.2, 0.25) is 10.0 Å². The van der Waals surface area contributed by atoms with E-state index in [9.17, 15) is 14.4 Å². The summed E-state index contributed by atoms with van der Waals surface area (Å²) < 4.78 is 9.99. The number of amides is 1. The molecular weight excluding hydrogens is 455 g/mol. The summed E-state index contributed by atoms with van der Waals surface area (Å²) in [4.78, 5) is 37.3. The molecule has 7 nitrogen and oxygen atoms in total. The third kappa shape index (κ3) is 5.00. The molecule has 0 saturated carbocycles. The van der Waals surface area contributed by atoms with Crippen LogP contribution in [0.25, 0.3) is 11.3 Å². The predicted octanol–water partition coefficient (Wildman–Crippen LogP) is 5.65. The van der Waals surface area contributed by atoms with Crippen LogP contribution in [0.5, 0.6) is 0 Å². The lowest BCUT2D eigenvalue weighted by molar-refractivity contribution is -0.116. The number of Topliss-reactive ketones (excluding diaryl/α,β-unsaturated/α-hetero) is 1. The lowest BCUT2D eigenvalue weighted by Crippen LogP contribution is -2.15. The first-order chi connectivity index (χ1) is 15.2. The van der Waals surface area contributed by atoms with Gasteiger partial charge in [0, 0.05) is 24.0 Å². The van der Waals surface area contributed by atoms with Crippen LogP contribution in [0.15, 0.2) is 40.9 Å². The molecule has 0 saturated heterocycles. The van der Waals surface area contributed by atoms with Crippen LogP contribution in [0, 0.1) is 13.8 Å². The molecule has 1 heterocycles. The summed E-state index contributed by atoms with van der Waals surface area (Å²) in [5, 5.41) is 6.83. The average molecular weight is 475 g/mol. The number of methoxy groups -OCH3 is 1. The van der Waals surface area contributed by atoms with Gasteiger partial charge in [0.15, 0.2) is 11.3 Å². The summed E-state index contributed by atoms with van der Waals surface area (Å²) >= 11 is 12.4. The number of halogens is 2. The Morgan fingerprint density at radius 2 is 1.72 bits per heavy atom. The molecule has 0 spiro atoms. The highest BCUT2D eigenvalue weighted by molar-refractivity contribution is 6.39. The van der Waals surface area contributed by atoms with Crippen LogP contribution >= 0.6 is 23.2 Å². The number of nitrogens with zero attached hydrogens (tertiary/aromatic N) is 1. The monoisotopic (exact) mass is 474 g/mol. The van der Waals surface area contributed by atoms with Crippen molar-refractivity contribution in [1.82, 2.24) is 5.16 Å². The quantitative estimate of drug-likeness (QED) is 0.350. The number of carbonyl (C=O) groups is 3. The van der Waals surface area contributed by atoms with Gasteiger partial charge in [0.05, 0.1) is 17.2 Å². The third-order valence-corrected chi connectivity index (χ3v) is 5.57. The number of esters is 1. The van der Waals surface area contributed by atoms with Crippen molar-refractivity contribution < 1.29 is 23.6 Å². The molecule has 1 N–H and O–H groups in total. The van der Waals surface area contributed by atoms with Crippen molar-refractivity contribution in [2.75, 3.05) is 12.4 Å². The highest BCUT2D eigenvalue weighted by Gasteiger charge is 2.28. The van der Waals surface area contributed by atoms with E-state index < -0.39 is 11.9 Å². The molecule has 2 aromatic carbocycles. The molecule has 0 bridgehead atoms. The summed E-state index contributed by atoms with van der Waals surface area (Å²) in [6.07, 6.45) is -0.130. The molecule has 32 heavy (non-hydrogen) atoms. The Morgan fingerprint density at radius 1 is 1.03 bits per heavy atom. The zero-order chi connectivity index (χ0) is 23.4. The molecule has 0 aliphatic heterocycles. The van der Waals surface area contributed by atoms with Gasteiger partial charge in [-0.15, -0.1) is 0 Å². The number of nitrogens with one attached hydrogen (secondary N) is 1. The average Bonchev–Trinajstić information content (AvgIpc) is 3.16. The zero-order valence-electron chi connectivity index (χ0n) is 17.6. The Kier molecular flexibility index (Phi) is 7.33. The third-order valence-electron chi connectivity index (χ3n) is 4.94. The second-order valence-electron chi connectivity index (χ2n) is 7.09. The van der Waals surface area contributed by atoms with E-state index in [0.717, 1.165) is 11.1 Å². The molecule has 3 rings (SSSR count). The SMILES string of the molecule is COC(=O)c1c(-c2c(Cl)cccc2Cl)noc1NC(=O)CCC(=O)c1ccc(C)c(C)c1. The van der Waals surface area contributed by atoms with Gasteiger partial charge >= 0.3 is 5.97 Å². The second-order valence-corrected chi connectivity index (χ2v) is 7.91. The Labute approximate surface area is 194 Å². The summed E-state index contributed by atoms with van der Waals surface area (Å²) in [5.41, 5.74) is 2.78. The van der Waals surface area contributed by atoms with Crippen molar-refractivity contribution in [3.05, 3.63) is 68.7 Å². The number of benzene rings is 2. The number of hydrogen-bond donors (Lipinski definition) is 1. The standard InChI is InChI=1S/C23H20Cl2N2O5/c1-12-7-8-14(11-13(12)2)17(28)9-10-18(29)26-22-20(23(30)31-3)21(27-32-22)19-15(24)5-4-6-16(19)25/h4-8,11H,9-10H2,1-3H3,(H,26,29). The molecule has 0 unspecified atom stereocenters. The minimum Gasteiger partial charge on any atom is -0.465 e. The van der Waals surface area contributed by atoms with E-state index in [1.165, 1.54) is 7.11 Å². The van der Waals surface area contributed by atoms with Crippen LogP contribution in [0.3, 0.4) is 0 Å². The largest absolute Gasteiger partial charge is 0.465 e. The van der Waals surface area contributed by atoms with E-state index in [4.69, 9.17) is 32.5 Å². The molecule has 1 aromatic heterocycles. The number of anilines is 1. The number of aromatic nitrogens is 1. The van der Waals surface area contributed by atoms with Gasteiger partial charge in [-0.3, -0.25) is 14.9 Å². The minimum absolute atomic E-state index is 0.0147. The molecule has 166 valence electrons. The Bertz CT molecular complexity index is 1180. The van der Waals surface area contributed by atoms with Gasteiger partial charge in [-0.05, 0) is 43.2 Å². The fourth-order valence-corrected chi connectivity index (χ4v) is 3.61. The van der Waals surface area contributed by atoms with E-state index in [1.54, 1.807) is 30.3 Å². The maximum absolute atomic E-state index is 12.5. The summed E-state index contributed by atoms with van der Waals surface area (Å²) in [7, 11) is 1.18. The molecule has 0 atom stereocenters. The number of rotatable bonds is 7. The van der Waals surface area contributed by atoms with Crippen molar-refractivity contribution in [2.45, 2.75) is 26.7 Å². The van der Waals surface area contributed by atoms with Crippen LogP contribution in [-0.4, -0.2) is 29.9 Å². The van der Waals surface area contributed by atoms with E-state index in [1.807, 2.05) is 19.9 Å². The Morgan fingerprint density at radius 3 is 2.34 bits per heavy atom. The molecule has 9 heteroatoms. The van der Waals surface area contributed by atoms with Crippen LogP contribution in [0.4, 0.5) is 5.88 Å². The van der Waals surface area contributed by atoms with Crippen molar-refractivity contribution >= 4 is 46.7 Å². The lowest BCUT2D eigenvalue weighted by Gasteiger charge is -2.07. The summed E-state index contributed by atoms with van der Waals surface area (Å²) in [5.74, 6) is -1.71. The fourth-order valence-electron chi connectivity index (χ4n) is 3.04. The van der Waals surface area contributed by atoms with Gasteiger partial charge in [-0.25, -0.2) is 4.79 Å². The molecule has 0 aliphatic carbocycles. The highest BCUT2D eigenvalue weighted by Crippen LogP contribution is 2.38. The number of ether oxygens (including phenoxy) is 1. The molecule has 1 amide bonds. The van der Waals surface area contributed by atoms with Gasteiger partial charge in [-0.1, -0.05) is 46.6 Å². The van der Waals surface area contributed by atoms with E-state index in [0.29, 0.717) is 5.56 Å². The van der Waals surface area contributed by atoms with Crippen LogP contribution in [0.1, 0.15) is 44.7 Å². The van der Waals surface area contributed by atoms with Crippen molar-refractivity contribution in [3.8, 4) is 11.3 Å². The van der Waals surface area contributed by atoms with Crippen LogP contribution < -0.4 is 5.32 Å². The normalized spacial score (nSPS) is 10.7. The first-order valence-electron chi connectivity index (χ1n) is 9.65. The van der Waals surface area contributed by atoms with Gasteiger partial charge in [0.25, 0.3) is 0 Å². The van der Waals surface area contributed by atoms with Crippen molar-refractivity contribution in [3.63, 3.8) is 0 Å². The molecule has 0 radical (unpaired) electrons. The smallest absolute Gasteiger partial charge is 0.345 e. The van der Waals surface area contributed by atoms with E-state index in [-0.39, 0.29) is 51.4 Å². The molecular formula is C23H20Cl2N2O5. The zero-order valence-corrected chi connectivity index (χ0v) is 19.1. The van der Waals surface area contributed by atoms with E-state index >= 15 is 0 Å². The minimum atomic E-state index is -0.793. The maximum atomic E-state index is 12.5. The van der Waals surface area contributed by atoms with Crippen molar-refractivity contribution in [2.24, 2.45) is 0 Å². The summed E-state index contributed by atoms with van der Waals surface area (Å²) in [6, 6.07) is 10.2.